The zero-order chi connectivity index (χ0) is 8.10. The molecule has 0 amide bonds. The van der Waals surface area contributed by atoms with Gasteiger partial charge in [-0.1, -0.05) is 6.08 Å². The van der Waals surface area contributed by atoms with Crippen LogP contribution < -0.4 is 5.73 Å². The van der Waals surface area contributed by atoms with Crippen LogP contribution in [0.2, 0.25) is 0 Å². The molecule has 0 fully saturated rings. The lowest BCUT2D eigenvalue weighted by atomic mass is 10.3. The van der Waals surface area contributed by atoms with Crippen molar-refractivity contribution in [2.45, 2.75) is 0 Å². The third-order valence-corrected chi connectivity index (χ3v) is 1.87. The molecule has 0 saturated carbocycles. The van der Waals surface area contributed by atoms with Gasteiger partial charge in [-0.3, -0.25) is 4.98 Å². The molecule has 1 aromatic heterocycles. The molecular formula is C8H9BrN2. The lowest BCUT2D eigenvalue weighted by Crippen LogP contribution is -1.92. The standard InChI is InChI=1S/C8H9BrN2/c9-7-3-2-6-11-8(7)4-1-5-10/h1-4,6H,5,10H2/b4-1+. The fraction of sp³-hybridized carbons (Fsp3) is 0.125. The second-order valence-corrected chi connectivity index (χ2v) is 2.86. The van der Waals surface area contributed by atoms with E-state index in [2.05, 4.69) is 20.9 Å². The minimum atomic E-state index is 0.545. The Morgan fingerprint density at radius 2 is 2.45 bits per heavy atom. The van der Waals surface area contributed by atoms with E-state index in [1.807, 2.05) is 24.3 Å². The van der Waals surface area contributed by atoms with Crippen LogP contribution in [0.15, 0.2) is 28.9 Å². The van der Waals surface area contributed by atoms with Crippen molar-refractivity contribution in [1.82, 2.24) is 4.98 Å². The van der Waals surface area contributed by atoms with Crippen LogP contribution in [0.3, 0.4) is 0 Å². The molecule has 0 radical (unpaired) electrons. The van der Waals surface area contributed by atoms with Crippen LogP contribution in [0.1, 0.15) is 5.69 Å². The number of nitrogens with zero attached hydrogens (tertiary/aromatic N) is 1. The zero-order valence-corrected chi connectivity index (χ0v) is 7.58. The van der Waals surface area contributed by atoms with Crippen LogP contribution in [0.25, 0.3) is 6.08 Å². The average Bonchev–Trinajstić information content (AvgIpc) is 2.03. The summed E-state index contributed by atoms with van der Waals surface area (Å²) in [4.78, 5) is 4.13. The van der Waals surface area contributed by atoms with Crippen molar-refractivity contribution in [2.75, 3.05) is 6.54 Å². The molecule has 3 heteroatoms. The van der Waals surface area contributed by atoms with Crippen LogP contribution in [-0.4, -0.2) is 11.5 Å². The Morgan fingerprint density at radius 1 is 1.64 bits per heavy atom. The second-order valence-electron chi connectivity index (χ2n) is 2.01. The first kappa shape index (κ1) is 8.43. The van der Waals surface area contributed by atoms with Crippen molar-refractivity contribution >= 4 is 22.0 Å². The number of halogens is 1. The molecular weight excluding hydrogens is 204 g/mol. The van der Waals surface area contributed by atoms with Gasteiger partial charge in [-0.05, 0) is 34.1 Å². The van der Waals surface area contributed by atoms with Crippen LogP contribution in [-0.2, 0) is 0 Å². The summed E-state index contributed by atoms with van der Waals surface area (Å²) in [7, 11) is 0. The molecule has 0 aliphatic heterocycles. The normalized spacial score (nSPS) is 10.7. The quantitative estimate of drug-likeness (QED) is 0.813. The van der Waals surface area contributed by atoms with Gasteiger partial charge < -0.3 is 5.73 Å². The molecule has 58 valence electrons. The van der Waals surface area contributed by atoms with Gasteiger partial charge in [0, 0.05) is 17.2 Å². The van der Waals surface area contributed by atoms with E-state index >= 15 is 0 Å². The second kappa shape index (κ2) is 4.26. The molecule has 0 bridgehead atoms. The van der Waals surface area contributed by atoms with Gasteiger partial charge in [0.2, 0.25) is 0 Å². The first-order valence-corrected chi connectivity index (χ1v) is 4.11. The number of pyridine rings is 1. The third kappa shape index (κ3) is 2.44. The van der Waals surface area contributed by atoms with Gasteiger partial charge >= 0.3 is 0 Å². The van der Waals surface area contributed by atoms with Crippen LogP contribution in [0, 0.1) is 0 Å². The lowest BCUT2D eigenvalue weighted by molar-refractivity contribution is 1.24. The Labute approximate surface area is 74.3 Å². The van der Waals surface area contributed by atoms with Crippen molar-refractivity contribution in [2.24, 2.45) is 5.73 Å². The van der Waals surface area contributed by atoms with E-state index < -0.39 is 0 Å². The van der Waals surface area contributed by atoms with Crippen molar-refractivity contribution < 1.29 is 0 Å². The fourth-order valence-electron chi connectivity index (χ4n) is 0.700. The Hall–Kier alpha value is -0.670. The lowest BCUT2D eigenvalue weighted by Gasteiger charge is -1.94. The highest BCUT2D eigenvalue weighted by Gasteiger charge is 1.92. The molecule has 0 aliphatic rings. The van der Waals surface area contributed by atoms with Crippen LogP contribution in [0.4, 0.5) is 0 Å². The molecule has 1 heterocycles. The largest absolute Gasteiger partial charge is 0.327 e. The summed E-state index contributed by atoms with van der Waals surface area (Å²) in [6.45, 7) is 0.545. The minimum absolute atomic E-state index is 0.545. The molecule has 2 N–H and O–H groups in total. The van der Waals surface area contributed by atoms with Crippen molar-refractivity contribution in [3.63, 3.8) is 0 Å². The van der Waals surface area contributed by atoms with E-state index in [1.54, 1.807) is 6.20 Å². The van der Waals surface area contributed by atoms with E-state index in [9.17, 15) is 0 Å². The number of rotatable bonds is 2. The maximum absolute atomic E-state index is 5.30. The van der Waals surface area contributed by atoms with Crippen molar-refractivity contribution in [3.8, 4) is 0 Å². The number of hydrogen-bond acceptors (Lipinski definition) is 2. The van der Waals surface area contributed by atoms with E-state index in [0.717, 1.165) is 10.2 Å². The molecule has 0 aliphatic carbocycles. The van der Waals surface area contributed by atoms with Crippen LogP contribution >= 0.6 is 15.9 Å². The molecule has 0 spiro atoms. The predicted molar refractivity (Wildman–Crippen MR) is 50.0 cm³/mol. The number of hydrogen-bond donors (Lipinski definition) is 1. The van der Waals surface area contributed by atoms with Gasteiger partial charge in [-0.2, -0.15) is 0 Å². The SMILES string of the molecule is NC/C=C/c1ncccc1Br. The molecule has 0 aromatic carbocycles. The summed E-state index contributed by atoms with van der Waals surface area (Å²) in [6, 6.07) is 3.83. The van der Waals surface area contributed by atoms with E-state index in [0.29, 0.717) is 6.54 Å². The topological polar surface area (TPSA) is 38.9 Å². The maximum Gasteiger partial charge on any atom is 0.0768 e. The summed E-state index contributed by atoms with van der Waals surface area (Å²) in [5, 5.41) is 0. The molecule has 1 rings (SSSR count). The Kier molecular flexibility index (Phi) is 3.26. The molecule has 2 nitrogen and oxygen atoms in total. The molecule has 1 aromatic rings. The Bertz CT molecular complexity index is 258. The van der Waals surface area contributed by atoms with E-state index in [4.69, 9.17) is 5.73 Å². The number of nitrogens with two attached hydrogens (primary N) is 1. The van der Waals surface area contributed by atoms with Crippen LogP contribution in [0.5, 0.6) is 0 Å². The minimum Gasteiger partial charge on any atom is -0.327 e. The summed E-state index contributed by atoms with van der Waals surface area (Å²) in [6.07, 6.45) is 5.51. The van der Waals surface area contributed by atoms with E-state index in [1.165, 1.54) is 0 Å². The van der Waals surface area contributed by atoms with Gasteiger partial charge in [0.25, 0.3) is 0 Å². The monoisotopic (exact) mass is 212 g/mol. The van der Waals surface area contributed by atoms with Crippen molar-refractivity contribution in [3.05, 3.63) is 34.6 Å². The third-order valence-electron chi connectivity index (χ3n) is 1.20. The highest BCUT2D eigenvalue weighted by atomic mass is 79.9. The zero-order valence-electron chi connectivity index (χ0n) is 6.00. The summed E-state index contributed by atoms with van der Waals surface area (Å²) >= 11 is 3.37. The predicted octanol–water partition coefficient (Wildman–Crippen LogP) is 1.82. The Balaban J connectivity index is 2.86. The molecule has 0 unspecified atom stereocenters. The summed E-state index contributed by atoms with van der Waals surface area (Å²) < 4.78 is 0.990. The average molecular weight is 213 g/mol. The Morgan fingerprint density at radius 3 is 3.09 bits per heavy atom. The summed E-state index contributed by atoms with van der Waals surface area (Å²) in [5.74, 6) is 0. The summed E-state index contributed by atoms with van der Waals surface area (Å²) in [5.41, 5.74) is 6.21. The van der Waals surface area contributed by atoms with Gasteiger partial charge in [0.05, 0.1) is 5.69 Å². The van der Waals surface area contributed by atoms with Crippen molar-refractivity contribution in [1.29, 1.82) is 0 Å². The molecule has 0 saturated heterocycles. The maximum atomic E-state index is 5.30. The smallest absolute Gasteiger partial charge is 0.0768 e. The number of aromatic nitrogens is 1. The molecule has 11 heavy (non-hydrogen) atoms. The van der Waals surface area contributed by atoms with Gasteiger partial charge in [0.15, 0.2) is 0 Å². The van der Waals surface area contributed by atoms with Gasteiger partial charge in [0.1, 0.15) is 0 Å². The van der Waals surface area contributed by atoms with Gasteiger partial charge in [-0.25, -0.2) is 0 Å². The highest BCUT2D eigenvalue weighted by molar-refractivity contribution is 9.10. The first-order chi connectivity index (χ1) is 5.34. The molecule has 0 atom stereocenters. The van der Waals surface area contributed by atoms with E-state index in [-0.39, 0.29) is 0 Å². The highest BCUT2D eigenvalue weighted by Crippen LogP contribution is 2.13. The first-order valence-electron chi connectivity index (χ1n) is 3.31. The fourth-order valence-corrected chi connectivity index (χ4v) is 1.09. The van der Waals surface area contributed by atoms with Gasteiger partial charge in [-0.15, -0.1) is 0 Å².